The van der Waals surface area contributed by atoms with Crippen molar-refractivity contribution in [3.05, 3.63) is 34.2 Å². The monoisotopic (exact) mass is 389 g/mol. The van der Waals surface area contributed by atoms with Crippen LogP contribution in [0, 0.1) is 5.92 Å². The van der Waals surface area contributed by atoms with E-state index in [1.807, 2.05) is 15.9 Å². The number of carbonyl (C=O) groups is 3. The topological polar surface area (TPSA) is 99.9 Å². The van der Waals surface area contributed by atoms with E-state index in [1.54, 1.807) is 23.6 Å². The van der Waals surface area contributed by atoms with E-state index in [1.165, 1.54) is 0 Å². The fourth-order valence-corrected chi connectivity index (χ4v) is 4.81. The SMILES string of the molecule is CC(=O)N1C[C@H]2C[C@@H](C1)[C@H](C(=O)N1CCCCC1)n1c2cccc1=O.O=CO. The number of likely N-dealkylation sites (tertiary alicyclic amines) is 2. The van der Waals surface area contributed by atoms with Gasteiger partial charge in [0, 0.05) is 56.7 Å². The van der Waals surface area contributed by atoms with Crippen LogP contribution in [-0.4, -0.2) is 63.9 Å². The van der Waals surface area contributed by atoms with Crippen LogP contribution in [0.5, 0.6) is 0 Å². The van der Waals surface area contributed by atoms with E-state index in [0.717, 1.165) is 44.5 Å². The molecular weight excluding hydrogens is 362 g/mol. The molecule has 3 aliphatic rings. The summed E-state index contributed by atoms with van der Waals surface area (Å²) in [5.41, 5.74) is 0.809. The zero-order chi connectivity index (χ0) is 20.3. The number of hydrogen-bond donors (Lipinski definition) is 1. The summed E-state index contributed by atoms with van der Waals surface area (Å²) in [6.45, 7) is 4.09. The Morgan fingerprint density at radius 1 is 1.11 bits per heavy atom. The van der Waals surface area contributed by atoms with Crippen LogP contribution < -0.4 is 5.56 Å². The second kappa shape index (κ2) is 8.58. The average molecular weight is 389 g/mol. The molecule has 1 aromatic heterocycles. The van der Waals surface area contributed by atoms with Crippen LogP contribution in [0.1, 0.15) is 50.3 Å². The maximum absolute atomic E-state index is 13.3. The lowest BCUT2D eigenvalue weighted by molar-refractivity contribution is -0.142. The molecule has 3 aliphatic heterocycles. The van der Waals surface area contributed by atoms with Crippen molar-refractivity contribution >= 4 is 18.3 Å². The standard InChI is InChI=1S/C19H25N3O3.CH2O2/c1-13(23)21-11-14-10-15(12-21)18(19(25)20-8-3-2-4-9-20)22-16(14)6-5-7-17(22)24;2-1-3/h5-7,14-15,18H,2-4,8-12H2,1H3;1H,(H,2,3)/t14-,15+,18-;/m1./s1. The summed E-state index contributed by atoms with van der Waals surface area (Å²) in [5.74, 6) is 0.264. The Hall–Kier alpha value is -2.64. The molecule has 2 saturated heterocycles. The molecule has 1 aromatic rings. The maximum atomic E-state index is 13.3. The van der Waals surface area contributed by atoms with E-state index in [4.69, 9.17) is 9.90 Å². The lowest BCUT2D eigenvalue weighted by atomic mass is 9.78. The van der Waals surface area contributed by atoms with Gasteiger partial charge in [0.1, 0.15) is 6.04 Å². The Morgan fingerprint density at radius 2 is 1.79 bits per heavy atom. The maximum Gasteiger partial charge on any atom is 0.290 e. The molecule has 2 amide bonds. The van der Waals surface area contributed by atoms with E-state index in [-0.39, 0.29) is 35.7 Å². The van der Waals surface area contributed by atoms with Gasteiger partial charge in [-0.25, -0.2) is 0 Å². The Kier molecular flexibility index (Phi) is 6.16. The fourth-order valence-electron chi connectivity index (χ4n) is 4.81. The molecule has 2 bridgehead atoms. The van der Waals surface area contributed by atoms with Gasteiger partial charge in [-0.15, -0.1) is 0 Å². The predicted octanol–water partition coefficient (Wildman–Crippen LogP) is 1.07. The minimum atomic E-state index is -0.472. The average Bonchev–Trinajstić information content (AvgIpc) is 2.69. The number of carbonyl (C=O) groups excluding carboxylic acids is 2. The lowest BCUT2D eigenvalue weighted by Gasteiger charge is -2.47. The molecule has 0 spiro atoms. The molecule has 4 heterocycles. The molecule has 3 atom stereocenters. The third-order valence-corrected chi connectivity index (χ3v) is 6.01. The fraction of sp³-hybridized carbons (Fsp3) is 0.600. The minimum absolute atomic E-state index is 0.0182. The van der Waals surface area contributed by atoms with Gasteiger partial charge in [0.15, 0.2) is 0 Å². The van der Waals surface area contributed by atoms with Crippen LogP contribution in [0.2, 0.25) is 0 Å². The molecule has 28 heavy (non-hydrogen) atoms. The minimum Gasteiger partial charge on any atom is -0.483 e. The Labute approximate surface area is 163 Å². The highest BCUT2D eigenvalue weighted by atomic mass is 16.3. The van der Waals surface area contributed by atoms with E-state index in [0.29, 0.717) is 13.1 Å². The van der Waals surface area contributed by atoms with E-state index < -0.39 is 6.04 Å². The third-order valence-electron chi connectivity index (χ3n) is 6.01. The summed E-state index contributed by atoms with van der Waals surface area (Å²) in [6, 6.07) is 4.79. The first-order valence-electron chi connectivity index (χ1n) is 9.81. The largest absolute Gasteiger partial charge is 0.483 e. The second-order valence-corrected chi connectivity index (χ2v) is 7.71. The van der Waals surface area contributed by atoms with Crippen LogP contribution in [0.3, 0.4) is 0 Å². The first-order chi connectivity index (χ1) is 13.5. The van der Waals surface area contributed by atoms with Gasteiger partial charge in [0.2, 0.25) is 11.8 Å². The van der Waals surface area contributed by atoms with Gasteiger partial charge in [-0.3, -0.25) is 23.7 Å². The van der Waals surface area contributed by atoms with Crippen LogP contribution in [-0.2, 0) is 14.4 Å². The summed E-state index contributed by atoms with van der Waals surface area (Å²) < 4.78 is 1.73. The summed E-state index contributed by atoms with van der Waals surface area (Å²) in [7, 11) is 0. The molecule has 8 nitrogen and oxygen atoms in total. The number of amides is 2. The lowest BCUT2D eigenvalue weighted by Crippen LogP contribution is -2.55. The van der Waals surface area contributed by atoms with E-state index in [9.17, 15) is 14.4 Å². The predicted molar refractivity (Wildman–Crippen MR) is 102 cm³/mol. The number of piperidine rings is 2. The highest BCUT2D eigenvalue weighted by Crippen LogP contribution is 2.42. The van der Waals surface area contributed by atoms with E-state index in [2.05, 4.69) is 0 Å². The number of aromatic nitrogens is 1. The first kappa shape index (κ1) is 20.1. The summed E-state index contributed by atoms with van der Waals surface area (Å²) >= 11 is 0. The highest BCUT2D eigenvalue weighted by molar-refractivity contribution is 5.82. The van der Waals surface area contributed by atoms with E-state index >= 15 is 0 Å². The van der Waals surface area contributed by atoms with Crippen molar-refractivity contribution in [1.29, 1.82) is 0 Å². The molecule has 0 saturated carbocycles. The van der Waals surface area contributed by atoms with Crippen LogP contribution in [0.25, 0.3) is 0 Å². The number of fused-ring (bicyclic) bond motifs is 4. The molecule has 2 fully saturated rings. The molecule has 0 aliphatic carbocycles. The molecule has 0 unspecified atom stereocenters. The number of carboxylic acid groups (broad SMARTS) is 1. The van der Waals surface area contributed by atoms with Crippen molar-refractivity contribution in [3.8, 4) is 0 Å². The Balaban J connectivity index is 0.000000706. The molecule has 1 N–H and O–H groups in total. The first-order valence-corrected chi connectivity index (χ1v) is 9.81. The summed E-state index contributed by atoms with van der Waals surface area (Å²) in [5, 5.41) is 6.89. The van der Waals surface area contributed by atoms with Crippen molar-refractivity contribution in [2.45, 2.75) is 44.6 Å². The number of rotatable bonds is 1. The Morgan fingerprint density at radius 3 is 2.43 bits per heavy atom. The quantitative estimate of drug-likeness (QED) is 0.724. The zero-order valence-corrected chi connectivity index (χ0v) is 16.1. The molecule has 152 valence electrons. The van der Waals surface area contributed by atoms with Crippen LogP contribution in [0.4, 0.5) is 0 Å². The van der Waals surface area contributed by atoms with Crippen molar-refractivity contribution < 1.29 is 19.5 Å². The van der Waals surface area contributed by atoms with Gasteiger partial charge in [-0.05, 0) is 31.7 Å². The van der Waals surface area contributed by atoms with Crippen molar-refractivity contribution in [2.75, 3.05) is 26.2 Å². The smallest absolute Gasteiger partial charge is 0.290 e. The van der Waals surface area contributed by atoms with Gasteiger partial charge in [0.25, 0.3) is 12.0 Å². The highest BCUT2D eigenvalue weighted by Gasteiger charge is 2.45. The van der Waals surface area contributed by atoms with Gasteiger partial charge in [-0.1, -0.05) is 6.07 Å². The van der Waals surface area contributed by atoms with Gasteiger partial charge < -0.3 is 14.9 Å². The van der Waals surface area contributed by atoms with Crippen LogP contribution >= 0.6 is 0 Å². The van der Waals surface area contributed by atoms with Gasteiger partial charge in [0.05, 0.1) is 0 Å². The molecule has 8 heteroatoms. The van der Waals surface area contributed by atoms with Crippen molar-refractivity contribution in [3.63, 3.8) is 0 Å². The Bertz CT molecular complexity index is 799. The summed E-state index contributed by atoms with van der Waals surface area (Å²) in [4.78, 5) is 50.0. The molecule has 4 rings (SSSR count). The van der Waals surface area contributed by atoms with Crippen molar-refractivity contribution in [1.82, 2.24) is 14.4 Å². The molecule has 0 aromatic carbocycles. The van der Waals surface area contributed by atoms with Crippen LogP contribution in [0.15, 0.2) is 23.0 Å². The van der Waals surface area contributed by atoms with Crippen molar-refractivity contribution in [2.24, 2.45) is 5.92 Å². The number of nitrogens with zero attached hydrogens (tertiary/aromatic N) is 3. The van der Waals surface area contributed by atoms with Gasteiger partial charge >= 0.3 is 0 Å². The summed E-state index contributed by atoms with van der Waals surface area (Å²) in [6.07, 6.45) is 4.09. The zero-order valence-electron chi connectivity index (χ0n) is 16.1. The molecular formula is C20H27N3O5. The second-order valence-electron chi connectivity index (χ2n) is 7.71. The normalized spacial score (nSPS) is 25.8. The number of hydrogen-bond acceptors (Lipinski definition) is 4. The third kappa shape index (κ3) is 3.81. The van der Waals surface area contributed by atoms with Gasteiger partial charge in [-0.2, -0.15) is 0 Å². The molecule has 0 radical (unpaired) electrons. The number of pyridine rings is 1.